The lowest BCUT2D eigenvalue weighted by Gasteiger charge is -2.08. The number of carbonyl (C=O) groups excluding carboxylic acids is 1. The molecule has 0 atom stereocenters. The van der Waals surface area contributed by atoms with Crippen LogP contribution in [0.3, 0.4) is 0 Å². The molecule has 0 saturated carbocycles. The van der Waals surface area contributed by atoms with Crippen molar-refractivity contribution in [2.24, 2.45) is 5.92 Å². The maximum absolute atomic E-state index is 12.1. The Morgan fingerprint density at radius 1 is 1.19 bits per heavy atom. The van der Waals surface area contributed by atoms with Gasteiger partial charge >= 0.3 is 0 Å². The number of hydrogen-bond donors (Lipinski definition) is 1. The molecule has 1 N–H and O–H groups in total. The Bertz CT molecular complexity index is 720. The summed E-state index contributed by atoms with van der Waals surface area (Å²) >= 11 is 1.77. The first-order chi connectivity index (χ1) is 12.4. The Balaban J connectivity index is 1.73. The third kappa shape index (κ3) is 6.20. The fraction of sp³-hybridized carbons (Fsp3) is 0.524. The first-order valence-corrected chi connectivity index (χ1v) is 10.3. The van der Waals surface area contributed by atoms with Crippen LogP contribution < -0.4 is 5.32 Å². The van der Waals surface area contributed by atoms with E-state index in [4.69, 9.17) is 0 Å². The van der Waals surface area contributed by atoms with Gasteiger partial charge in [0.1, 0.15) is 0 Å². The van der Waals surface area contributed by atoms with Gasteiger partial charge in [-0.25, -0.2) is 0 Å². The van der Waals surface area contributed by atoms with Crippen LogP contribution in [-0.4, -0.2) is 28.0 Å². The lowest BCUT2D eigenvalue weighted by molar-refractivity contribution is -0.120. The monoisotopic (exact) mass is 373 g/mol. The summed E-state index contributed by atoms with van der Waals surface area (Å²) in [5.74, 6) is 1.57. The number of hydrogen-bond acceptors (Lipinski definition) is 3. The molecule has 0 bridgehead atoms. The molecular weight excluding hydrogens is 342 g/mol. The van der Waals surface area contributed by atoms with Gasteiger partial charge in [-0.05, 0) is 50.8 Å². The second kappa shape index (κ2) is 9.81. The summed E-state index contributed by atoms with van der Waals surface area (Å²) in [4.78, 5) is 13.4. The molecular formula is C21H31N3OS. The molecule has 0 aliphatic rings. The summed E-state index contributed by atoms with van der Waals surface area (Å²) in [6.07, 6.45) is 1.27. The lowest BCUT2D eigenvalue weighted by atomic mass is 10.1. The molecule has 0 aliphatic heterocycles. The van der Waals surface area contributed by atoms with Gasteiger partial charge in [-0.15, -0.1) is 11.8 Å². The summed E-state index contributed by atoms with van der Waals surface area (Å²) in [6, 6.07) is 8.49. The smallest absolute Gasteiger partial charge is 0.220 e. The van der Waals surface area contributed by atoms with E-state index in [0.29, 0.717) is 18.9 Å². The number of thioether (sulfide) groups is 1. The maximum atomic E-state index is 12.1. The number of carbonyl (C=O) groups is 1. The van der Waals surface area contributed by atoms with E-state index in [1.807, 2.05) is 6.92 Å². The average molecular weight is 374 g/mol. The third-order valence-corrected chi connectivity index (χ3v) is 5.40. The van der Waals surface area contributed by atoms with Crippen molar-refractivity contribution in [2.75, 3.05) is 12.3 Å². The fourth-order valence-corrected chi connectivity index (χ4v) is 3.71. The van der Waals surface area contributed by atoms with Crippen molar-refractivity contribution < 1.29 is 4.79 Å². The zero-order valence-corrected chi connectivity index (χ0v) is 17.4. The molecule has 0 aliphatic carbocycles. The van der Waals surface area contributed by atoms with E-state index in [-0.39, 0.29) is 5.91 Å². The number of benzene rings is 1. The predicted octanol–water partition coefficient (Wildman–Crippen LogP) is 4.31. The lowest BCUT2D eigenvalue weighted by Crippen LogP contribution is -2.26. The van der Waals surface area contributed by atoms with E-state index >= 15 is 0 Å². The third-order valence-electron chi connectivity index (χ3n) is 4.39. The quantitative estimate of drug-likeness (QED) is 0.526. The van der Waals surface area contributed by atoms with Crippen molar-refractivity contribution in [1.82, 2.24) is 15.1 Å². The molecule has 142 valence electrons. The van der Waals surface area contributed by atoms with E-state index in [0.717, 1.165) is 24.4 Å². The molecule has 0 spiro atoms. The zero-order chi connectivity index (χ0) is 19.1. The number of aromatic nitrogens is 2. The van der Waals surface area contributed by atoms with Gasteiger partial charge in [-0.1, -0.05) is 31.5 Å². The highest BCUT2D eigenvalue weighted by molar-refractivity contribution is 7.99. The van der Waals surface area contributed by atoms with E-state index in [2.05, 4.69) is 67.1 Å². The molecule has 0 saturated heterocycles. The second-order valence-corrected chi connectivity index (χ2v) is 8.41. The van der Waals surface area contributed by atoms with Crippen molar-refractivity contribution in [3.05, 3.63) is 46.8 Å². The van der Waals surface area contributed by atoms with Crippen LogP contribution in [0, 0.1) is 26.7 Å². The van der Waals surface area contributed by atoms with Gasteiger partial charge in [-0.3, -0.25) is 9.48 Å². The molecule has 0 fully saturated rings. The largest absolute Gasteiger partial charge is 0.355 e. The normalized spacial score (nSPS) is 11.2. The number of amides is 1. The van der Waals surface area contributed by atoms with Gasteiger partial charge < -0.3 is 5.32 Å². The molecule has 0 unspecified atom stereocenters. The molecule has 1 heterocycles. The summed E-state index contributed by atoms with van der Waals surface area (Å²) < 4.78 is 2.07. The minimum Gasteiger partial charge on any atom is -0.355 e. The Morgan fingerprint density at radius 2 is 1.88 bits per heavy atom. The topological polar surface area (TPSA) is 46.9 Å². The Hall–Kier alpha value is -1.75. The summed E-state index contributed by atoms with van der Waals surface area (Å²) in [7, 11) is 0. The Kier molecular flexibility index (Phi) is 7.76. The van der Waals surface area contributed by atoms with Crippen LogP contribution in [0.5, 0.6) is 0 Å². The minimum atomic E-state index is 0.116. The molecule has 26 heavy (non-hydrogen) atoms. The van der Waals surface area contributed by atoms with Crippen LogP contribution >= 0.6 is 11.8 Å². The highest BCUT2D eigenvalue weighted by Crippen LogP contribution is 2.18. The number of nitrogens with one attached hydrogen (secondary N) is 1. The minimum absolute atomic E-state index is 0.116. The van der Waals surface area contributed by atoms with Crippen LogP contribution in [0.15, 0.2) is 29.2 Å². The van der Waals surface area contributed by atoms with E-state index < -0.39 is 0 Å². The van der Waals surface area contributed by atoms with Crippen LogP contribution in [-0.2, 0) is 17.8 Å². The van der Waals surface area contributed by atoms with Crippen LogP contribution in [0.1, 0.15) is 42.8 Å². The fourth-order valence-electron chi connectivity index (χ4n) is 2.94. The molecule has 1 aromatic carbocycles. The van der Waals surface area contributed by atoms with Crippen molar-refractivity contribution in [3.8, 4) is 0 Å². The Morgan fingerprint density at radius 3 is 2.54 bits per heavy atom. The molecule has 2 aromatic rings. The van der Waals surface area contributed by atoms with Crippen LogP contribution in [0.25, 0.3) is 0 Å². The number of rotatable bonds is 9. The molecule has 4 nitrogen and oxygen atoms in total. The second-order valence-electron chi connectivity index (χ2n) is 7.24. The maximum Gasteiger partial charge on any atom is 0.220 e. The van der Waals surface area contributed by atoms with Gasteiger partial charge in [0.15, 0.2) is 0 Å². The first kappa shape index (κ1) is 20.6. The van der Waals surface area contributed by atoms with Crippen molar-refractivity contribution in [2.45, 2.75) is 58.9 Å². The van der Waals surface area contributed by atoms with E-state index in [1.54, 1.807) is 11.8 Å². The van der Waals surface area contributed by atoms with Gasteiger partial charge in [0.25, 0.3) is 0 Å². The first-order valence-electron chi connectivity index (χ1n) is 9.36. The molecule has 2 rings (SSSR count). The average Bonchev–Trinajstić information content (AvgIpc) is 2.84. The summed E-state index contributed by atoms with van der Waals surface area (Å²) in [5.41, 5.74) is 4.73. The van der Waals surface area contributed by atoms with Gasteiger partial charge in [0, 0.05) is 35.9 Å². The SMILES string of the molecule is Cc1ccc(SCCNC(=O)CCc2c(C)nn(CC(C)C)c2C)cc1. The van der Waals surface area contributed by atoms with Crippen LogP contribution in [0.2, 0.25) is 0 Å². The number of aryl methyl sites for hydroxylation is 2. The van der Waals surface area contributed by atoms with E-state index in [9.17, 15) is 4.79 Å². The van der Waals surface area contributed by atoms with Crippen molar-refractivity contribution in [1.29, 1.82) is 0 Å². The zero-order valence-electron chi connectivity index (χ0n) is 16.6. The highest BCUT2D eigenvalue weighted by atomic mass is 32.2. The molecule has 0 radical (unpaired) electrons. The molecule has 1 amide bonds. The summed E-state index contributed by atoms with van der Waals surface area (Å²) in [5, 5.41) is 7.65. The van der Waals surface area contributed by atoms with Crippen LogP contribution in [0.4, 0.5) is 0 Å². The highest BCUT2D eigenvalue weighted by Gasteiger charge is 2.13. The Labute approximate surface area is 161 Å². The van der Waals surface area contributed by atoms with Gasteiger partial charge in [0.05, 0.1) is 5.69 Å². The number of nitrogens with zero attached hydrogens (tertiary/aromatic N) is 2. The molecule has 5 heteroatoms. The van der Waals surface area contributed by atoms with Crippen molar-refractivity contribution in [3.63, 3.8) is 0 Å². The van der Waals surface area contributed by atoms with Crippen molar-refractivity contribution >= 4 is 17.7 Å². The summed E-state index contributed by atoms with van der Waals surface area (Å²) in [6.45, 7) is 12.2. The van der Waals surface area contributed by atoms with Gasteiger partial charge in [0.2, 0.25) is 5.91 Å². The standard InChI is InChI=1S/C21H31N3OS/c1-15(2)14-24-18(5)20(17(4)23-24)10-11-21(25)22-12-13-26-19-8-6-16(3)7-9-19/h6-9,15H,10-14H2,1-5H3,(H,22,25). The van der Waals surface area contributed by atoms with Gasteiger partial charge in [-0.2, -0.15) is 5.10 Å². The van der Waals surface area contributed by atoms with E-state index in [1.165, 1.54) is 21.7 Å². The molecule has 1 aromatic heterocycles. The predicted molar refractivity (Wildman–Crippen MR) is 110 cm³/mol.